The van der Waals surface area contributed by atoms with E-state index in [0.29, 0.717) is 0 Å². The molecule has 0 spiro atoms. The standard InChI is InChI=1S/C20H11BrClN/c21-19-17-11-12(22)9-10-23(17)20-16-8-4-2-6-14(16)13-5-1-3-7-15(13)18(19)20/h1-11H. The number of fused-ring (bicyclic) bond motifs is 8. The highest BCUT2D eigenvalue weighted by Gasteiger charge is 2.16. The van der Waals surface area contributed by atoms with Gasteiger partial charge in [-0.25, -0.2) is 0 Å². The van der Waals surface area contributed by atoms with Gasteiger partial charge in [0.05, 0.1) is 15.5 Å². The Morgan fingerprint density at radius 3 is 2.13 bits per heavy atom. The molecule has 0 radical (unpaired) electrons. The summed E-state index contributed by atoms with van der Waals surface area (Å²) in [6.07, 6.45) is 2.05. The fourth-order valence-corrected chi connectivity index (χ4v) is 4.43. The lowest BCUT2D eigenvalue weighted by Gasteiger charge is -2.08. The third-order valence-corrected chi connectivity index (χ3v) is 5.55. The summed E-state index contributed by atoms with van der Waals surface area (Å²) in [5, 5.41) is 7.05. The van der Waals surface area contributed by atoms with Crippen molar-refractivity contribution in [3.63, 3.8) is 0 Å². The summed E-state index contributed by atoms with van der Waals surface area (Å²) in [5.74, 6) is 0. The lowest BCUT2D eigenvalue weighted by atomic mass is 9.98. The van der Waals surface area contributed by atoms with E-state index in [1.54, 1.807) is 0 Å². The second kappa shape index (κ2) is 4.73. The molecule has 23 heavy (non-hydrogen) atoms. The van der Waals surface area contributed by atoms with Crippen molar-refractivity contribution < 1.29 is 0 Å². The van der Waals surface area contributed by atoms with Crippen molar-refractivity contribution in [2.24, 2.45) is 0 Å². The average molecular weight is 381 g/mol. The summed E-state index contributed by atoms with van der Waals surface area (Å²) in [7, 11) is 0. The van der Waals surface area contributed by atoms with Crippen LogP contribution in [0, 0.1) is 0 Å². The van der Waals surface area contributed by atoms with Gasteiger partial charge >= 0.3 is 0 Å². The van der Waals surface area contributed by atoms with Crippen molar-refractivity contribution in [3.8, 4) is 0 Å². The summed E-state index contributed by atoms with van der Waals surface area (Å²) in [6.45, 7) is 0. The van der Waals surface area contributed by atoms with Gasteiger partial charge < -0.3 is 4.40 Å². The van der Waals surface area contributed by atoms with Crippen LogP contribution in [0.15, 0.2) is 71.3 Å². The van der Waals surface area contributed by atoms with Crippen LogP contribution in [0.2, 0.25) is 5.02 Å². The van der Waals surface area contributed by atoms with Gasteiger partial charge in [0.2, 0.25) is 0 Å². The highest BCUT2D eigenvalue weighted by molar-refractivity contribution is 9.10. The largest absolute Gasteiger partial charge is 0.315 e. The molecule has 0 atom stereocenters. The van der Waals surface area contributed by atoms with Gasteiger partial charge in [-0.1, -0.05) is 60.1 Å². The lowest BCUT2D eigenvalue weighted by Crippen LogP contribution is -1.86. The number of hydrogen-bond acceptors (Lipinski definition) is 0. The molecule has 5 aromatic rings. The molecule has 0 unspecified atom stereocenters. The van der Waals surface area contributed by atoms with Crippen LogP contribution in [0.4, 0.5) is 0 Å². The highest BCUT2D eigenvalue weighted by atomic mass is 79.9. The van der Waals surface area contributed by atoms with E-state index in [0.717, 1.165) is 15.0 Å². The molecule has 0 fully saturated rings. The molecule has 5 rings (SSSR count). The minimum absolute atomic E-state index is 0.745. The zero-order chi connectivity index (χ0) is 15.6. The van der Waals surface area contributed by atoms with Crippen LogP contribution in [-0.4, -0.2) is 4.40 Å². The van der Waals surface area contributed by atoms with Crippen molar-refractivity contribution in [2.45, 2.75) is 0 Å². The van der Waals surface area contributed by atoms with Gasteiger partial charge in [0, 0.05) is 22.0 Å². The van der Waals surface area contributed by atoms with Crippen LogP contribution in [0.1, 0.15) is 0 Å². The topological polar surface area (TPSA) is 4.41 Å². The molecule has 2 aromatic heterocycles. The van der Waals surface area contributed by atoms with Crippen LogP contribution in [0.5, 0.6) is 0 Å². The minimum Gasteiger partial charge on any atom is -0.315 e. The van der Waals surface area contributed by atoms with Gasteiger partial charge in [-0.3, -0.25) is 0 Å². The molecule has 0 saturated heterocycles. The van der Waals surface area contributed by atoms with E-state index >= 15 is 0 Å². The van der Waals surface area contributed by atoms with Crippen molar-refractivity contribution >= 4 is 65.5 Å². The van der Waals surface area contributed by atoms with Crippen molar-refractivity contribution in [2.75, 3.05) is 0 Å². The van der Waals surface area contributed by atoms with E-state index in [2.05, 4.69) is 68.9 Å². The lowest BCUT2D eigenvalue weighted by molar-refractivity contribution is 1.26. The number of rotatable bonds is 0. The first kappa shape index (κ1) is 13.4. The maximum absolute atomic E-state index is 6.22. The summed E-state index contributed by atoms with van der Waals surface area (Å²) in [6, 6.07) is 21.1. The predicted molar refractivity (Wildman–Crippen MR) is 103 cm³/mol. The van der Waals surface area contributed by atoms with E-state index in [4.69, 9.17) is 11.6 Å². The fourth-order valence-electron chi connectivity index (χ4n) is 3.56. The Hall–Kier alpha value is -2.03. The fraction of sp³-hybridized carbons (Fsp3) is 0. The first-order valence-electron chi connectivity index (χ1n) is 7.44. The van der Waals surface area contributed by atoms with Gasteiger partial charge in [0.25, 0.3) is 0 Å². The monoisotopic (exact) mass is 379 g/mol. The Labute approximate surface area is 146 Å². The molecule has 3 aromatic carbocycles. The SMILES string of the molecule is Clc1ccn2c(c1)c(Br)c1c3ccccc3c3ccccc3c12. The van der Waals surface area contributed by atoms with Gasteiger partial charge in [-0.2, -0.15) is 0 Å². The number of aromatic nitrogens is 1. The summed E-state index contributed by atoms with van der Waals surface area (Å²) >= 11 is 10.0. The van der Waals surface area contributed by atoms with Crippen molar-refractivity contribution in [3.05, 3.63) is 76.4 Å². The van der Waals surface area contributed by atoms with Crippen LogP contribution >= 0.6 is 27.5 Å². The van der Waals surface area contributed by atoms with E-state index in [1.807, 2.05) is 18.3 Å². The molecular formula is C20H11BrClN. The van der Waals surface area contributed by atoms with Crippen molar-refractivity contribution in [1.29, 1.82) is 0 Å². The molecule has 0 saturated carbocycles. The van der Waals surface area contributed by atoms with Crippen LogP contribution < -0.4 is 0 Å². The average Bonchev–Trinajstić information content (AvgIpc) is 2.88. The Morgan fingerprint density at radius 2 is 1.39 bits per heavy atom. The Balaban J connectivity index is 2.25. The number of halogens is 2. The maximum atomic E-state index is 6.22. The second-order valence-electron chi connectivity index (χ2n) is 5.73. The third-order valence-electron chi connectivity index (χ3n) is 4.51. The van der Waals surface area contributed by atoms with Crippen LogP contribution in [-0.2, 0) is 0 Å². The molecule has 0 aliphatic heterocycles. The predicted octanol–water partition coefficient (Wildman–Crippen LogP) is 6.81. The molecule has 0 aliphatic carbocycles. The summed E-state index contributed by atoms with van der Waals surface area (Å²) in [5.41, 5.74) is 2.31. The van der Waals surface area contributed by atoms with Gasteiger partial charge in [-0.15, -0.1) is 0 Å². The quantitative estimate of drug-likeness (QED) is 0.260. The van der Waals surface area contributed by atoms with Gasteiger partial charge in [-0.05, 0) is 44.2 Å². The smallest absolute Gasteiger partial charge is 0.0625 e. The van der Waals surface area contributed by atoms with E-state index in [9.17, 15) is 0 Å². The Morgan fingerprint density at radius 1 is 0.783 bits per heavy atom. The Kier molecular flexibility index (Phi) is 2.76. The molecule has 0 aliphatic rings. The van der Waals surface area contributed by atoms with E-state index in [1.165, 1.54) is 32.4 Å². The number of pyridine rings is 1. The van der Waals surface area contributed by atoms with Crippen LogP contribution in [0.25, 0.3) is 38.0 Å². The zero-order valence-corrected chi connectivity index (χ0v) is 14.4. The molecule has 0 N–H and O–H groups in total. The molecule has 0 bridgehead atoms. The normalized spacial score (nSPS) is 11.9. The molecule has 110 valence electrons. The van der Waals surface area contributed by atoms with Gasteiger partial charge in [0.15, 0.2) is 0 Å². The first-order valence-corrected chi connectivity index (χ1v) is 8.61. The number of benzene rings is 3. The molecule has 1 nitrogen and oxygen atoms in total. The van der Waals surface area contributed by atoms with E-state index < -0.39 is 0 Å². The highest BCUT2D eigenvalue weighted by Crippen LogP contribution is 2.42. The molecular weight excluding hydrogens is 370 g/mol. The van der Waals surface area contributed by atoms with Crippen molar-refractivity contribution in [1.82, 2.24) is 4.40 Å². The zero-order valence-electron chi connectivity index (χ0n) is 12.1. The molecule has 3 heteroatoms. The maximum Gasteiger partial charge on any atom is 0.0625 e. The first-order chi connectivity index (χ1) is 11.3. The number of nitrogens with zero attached hydrogens (tertiary/aromatic N) is 1. The summed E-state index contributed by atoms with van der Waals surface area (Å²) < 4.78 is 3.32. The third kappa shape index (κ3) is 1.73. The van der Waals surface area contributed by atoms with Gasteiger partial charge in [0.1, 0.15) is 0 Å². The second-order valence-corrected chi connectivity index (χ2v) is 6.96. The number of hydrogen-bond donors (Lipinski definition) is 0. The summed E-state index contributed by atoms with van der Waals surface area (Å²) in [4.78, 5) is 0. The van der Waals surface area contributed by atoms with E-state index in [-0.39, 0.29) is 0 Å². The molecule has 0 amide bonds. The van der Waals surface area contributed by atoms with Crippen LogP contribution in [0.3, 0.4) is 0 Å². The molecule has 2 heterocycles. The Bertz CT molecular complexity index is 1240. The minimum atomic E-state index is 0.745.